The van der Waals surface area contributed by atoms with Crippen LogP contribution in [0.3, 0.4) is 0 Å². The van der Waals surface area contributed by atoms with E-state index in [0.29, 0.717) is 34.6 Å². The Kier molecular flexibility index (Phi) is 6.61. The predicted octanol–water partition coefficient (Wildman–Crippen LogP) is 5.14. The molecular formula is C23H24ClN7O. The Labute approximate surface area is 191 Å². The Morgan fingerprint density at radius 3 is 2.75 bits per heavy atom. The monoisotopic (exact) mass is 449 g/mol. The summed E-state index contributed by atoms with van der Waals surface area (Å²) in [5.41, 5.74) is 4.94. The summed E-state index contributed by atoms with van der Waals surface area (Å²) in [6.07, 6.45) is 4.01. The quantitative estimate of drug-likeness (QED) is 0.383. The summed E-state index contributed by atoms with van der Waals surface area (Å²) in [5.74, 6) is 2.66. The molecule has 32 heavy (non-hydrogen) atoms. The van der Waals surface area contributed by atoms with Crippen molar-refractivity contribution < 1.29 is 4.74 Å². The molecule has 0 bridgehead atoms. The SMILES string of the molecule is CCc1nc(C)c(Oc2ccnc(Nc3cc(C)cc(CCc4nn[nH]n4)c3)c2)cc1Cl. The third kappa shape index (κ3) is 5.39. The molecule has 0 saturated carbocycles. The molecule has 0 aliphatic rings. The maximum atomic E-state index is 6.31. The van der Waals surface area contributed by atoms with Gasteiger partial charge in [-0.1, -0.05) is 29.8 Å². The fourth-order valence-electron chi connectivity index (χ4n) is 3.41. The highest BCUT2D eigenvalue weighted by Gasteiger charge is 2.10. The van der Waals surface area contributed by atoms with Gasteiger partial charge in [0.05, 0.1) is 16.4 Å². The molecule has 3 heterocycles. The fourth-order valence-corrected chi connectivity index (χ4v) is 3.68. The Balaban J connectivity index is 1.49. The number of ether oxygens (including phenoxy) is 1. The predicted molar refractivity (Wildman–Crippen MR) is 124 cm³/mol. The first-order chi connectivity index (χ1) is 15.5. The number of nitrogens with one attached hydrogen (secondary N) is 2. The van der Waals surface area contributed by atoms with Crippen LogP contribution in [0.5, 0.6) is 11.5 Å². The van der Waals surface area contributed by atoms with E-state index >= 15 is 0 Å². The molecule has 9 heteroatoms. The summed E-state index contributed by atoms with van der Waals surface area (Å²) in [4.78, 5) is 8.95. The molecule has 0 saturated heterocycles. The van der Waals surface area contributed by atoms with Crippen molar-refractivity contribution >= 4 is 23.1 Å². The van der Waals surface area contributed by atoms with Crippen molar-refractivity contribution in [3.05, 3.63) is 76.0 Å². The van der Waals surface area contributed by atoms with Crippen molar-refractivity contribution in [1.82, 2.24) is 30.6 Å². The van der Waals surface area contributed by atoms with Gasteiger partial charge in [-0.2, -0.15) is 5.21 Å². The van der Waals surface area contributed by atoms with E-state index in [4.69, 9.17) is 16.3 Å². The standard InChI is InChI=1S/C23H24ClN7O/c1-4-20-19(24)13-21(15(3)26-20)32-18-7-8-25-23(12-18)27-17-10-14(2)9-16(11-17)5-6-22-28-30-31-29-22/h7-13H,4-6H2,1-3H3,(H,25,27)(H,28,29,30,31). The van der Waals surface area contributed by atoms with Crippen LogP contribution in [0.2, 0.25) is 5.02 Å². The van der Waals surface area contributed by atoms with Crippen LogP contribution in [0.15, 0.2) is 42.6 Å². The fraction of sp³-hybridized carbons (Fsp3) is 0.261. The zero-order valence-corrected chi connectivity index (χ0v) is 18.9. The highest BCUT2D eigenvalue weighted by Crippen LogP contribution is 2.30. The number of pyridine rings is 2. The molecule has 0 amide bonds. The van der Waals surface area contributed by atoms with Gasteiger partial charge in [-0.15, -0.1) is 10.2 Å². The Bertz CT molecular complexity index is 1210. The molecule has 0 unspecified atom stereocenters. The molecule has 8 nitrogen and oxygen atoms in total. The number of aryl methyl sites for hydroxylation is 5. The number of benzene rings is 1. The topological polar surface area (TPSA) is 102 Å². The number of hydrogen-bond acceptors (Lipinski definition) is 7. The second kappa shape index (κ2) is 9.74. The summed E-state index contributed by atoms with van der Waals surface area (Å²) in [6, 6.07) is 11.8. The van der Waals surface area contributed by atoms with Crippen molar-refractivity contribution in [3.8, 4) is 11.5 Å². The highest BCUT2D eigenvalue weighted by atomic mass is 35.5. The molecule has 0 spiro atoms. The lowest BCUT2D eigenvalue weighted by molar-refractivity contribution is 0.475. The van der Waals surface area contributed by atoms with Crippen LogP contribution < -0.4 is 10.1 Å². The van der Waals surface area contributed by atoms with Crippen LogP contribution in [-0.4, -0.2) is 30.6 Å². The molecule has 0 fully saturated rings. The minimum Gasteiger partial charge on any atom is -0.455 e. The number of anilines is 2. The van der Waals surface area contributed by atoms with Crippen LogP contribution in [0.1, 0.15) is 35.3 Å². The number of H-pyrrole nitrogens is 1. The summed E-state index contributed by atoms with van der Waals surface area (Å²) in [5, 5.41) is 18.1. The van der Waals surface area contributed by atoms with Gasteiger partial charge in [-0.3, -0.25) is 4.98 Å². The maximum absolute atomic E-state index is 6.31. The van der Waals surface area contributed by atoms with Crippen molar-refractivity contribution in [2.45, 2.75) is 40.0 Å². The van der Waals surface area contributed by atoms with E-state index in [9.17, 15) is 0 Å². The minimum absolute atomic E-state index is 0.605. The average Bonchev–Trinajstić information content (AvgIpc) is 3.28. The smallest absolute Gasteiger partial charge is 0.174 e. The average molecular weight is 450 g/mol. The lowest BCUT2D eigenvalue weighted by atomic mass is 10.1. The molecule has 1 aromatic carbocycles. The maximum Gasteiger partial charge on any atom is 0.174 e. The molecule has 4 rings (SSSR count). The lowest BCUT2D eigenvalue weighted by Crippen LogP contribution is -1.99. The summed E-state index contributed by atoms with van der Waals surface area (Å²) >= 11 is 6.31. The molecule has 0 aliphatic heterocycles. The van der Waals surface area contributed by atoms with Gasteiger partial charge in [-0.05, 0) is 56.0 Å². The van der Waals surface area contributed by atoms with Crippen LogP contribution in [0.4, 0.5) is 11.5 Å². The van der Waals surface area contributed by atoms with Gasteiger partial charge >= 0.3 is 0 Å². The zero-order chi connectivity index (χ0) is 22.5. The molecule has 0 radical (unpaired) electrons. The van der Waals surface area contributed by atoms with Gasteiger partial charge in [0, 0.05) is 30.4 Å². The van der Waals surface area contributed by atoms with Crippen molar-refractivity contribution in [3.63, 3.8) is 0 Å². The van der Waals surface area contributed by atoms with Crippen LogP contribution in [-0.2, 0) is 19.3 Å². The Hall–Kier alpha value is -3.52. The van der Waals surface area contributed by atoms with Crippen LogP contribution in [0, 0.1) is 13.8 Å². The summed E-state index contributed by atoms with van der Waals surface area (Å²) in [7, 11) is 0. The Morgan fingerprint density at radius 1 is 1.09 bits per heavy atom. The first kappa shape index (κ1) is 21.7. The van der Waals surface area contributed by atoms with E-state index < -0.39 is 0 Å². The van der Waals surface area contributed by atoms with E-state index in [2.05, 4.69) is 61.0 Å². The molecule has 164 valence electrons. The number of aromatic nitrogens is 6. The van der Waals surface area contributed by atoms with Gasteiger partial charge in [0.1, 0.15) is 17.3 Å². The molecule has 3 aromatic heterocycles. The van der Waals surface area contributed by atoms with Crippen molar-refractivity contribution in [2.24, 2.45) is 0 Å². The zero-order valence-electron chi connectivity index (χ0n) is 18.2. The van der Waals surface area contributed by atoms with E-state index in [1.54, 1.807) is 12.3 Å². The van der Waals surface area contributed by atoms with Gasteiger partial charge in [0.2, 0.25) is 0 Å². The van der Waals surface area contributed by atoms with Crippen molar-refractivity contribution in [2.75, 3.05) is 5.32 Å². The second-order valence-corrected chi connectivity index (χ2v) is 7.90. The number of nitrogens with zero attached hydrogens (tertiary/aromatic N) is 5. The molecular weight excluding hydrogens is 426 g/mol. The van der Waals surface area contributed by atoms with E-state index in [1.165, 1.54) is 5.56 Å². The Morgan fingerprint density at radius 2 is 1.97 bits per heavy atom. The normalized spacial score (nSPS) is 10.9. The summed E-state index contributed by atoms with van der Waals surface area (Å²) in [6.45, 7) is 6.00. The van der Waals surface area contributed by atoms with Gasteiger partial charge in [0.15, 0.2) is 5.82 Å². The second-order valence-electron chi connectivity index (χ2n) is 7.49. The van der Waals surface area contributed by atoms with Gasteiger partial charge < -0.3 is 10.1 Å². The minimum atomic E-state index is 0.605. The first-order valence-corrected chi connectivity index (χ1v) is 10.8. The van der Waals surface area contributed by atoms with Crippen LogP contribution in [0.25, 0.3) is 0 Å². The van der Waals surface area contributed by atoms with Gasteiger partial charge in [-0.25, -0.2) is 4.98 Å². The third-order valence-electron chi connectivity index (χ3n) is 4.92. The molecule has 2 N–H and O–H groups in total. The van der Waals surface area contributed by atoms with Crippen LogP contribution >= 0.6 is 11.6 Å². The third-order valence-corrected chi connectivity index (χ3v) is 5.25. The largest absolute Gasteiger partial charge is 0.455 e. The van der Waals surface area contributed by atoms with Gasteiger partial charge in [0.25, 0.3) is 0 Å². The first-order valence-electron chi connectivity index (χ1n) is 10.4. The number of rotatable bonds is 8. The number of aromatic amines is 1. The van der Waals surface area contributed by atoms with E-state index in [0.717, 1.165) is 35.5 Å². The van der Waals surface area contributed by atoms with Crippen molar-refractivity contribution in [1.29, 1.82) is 0 Å². The number of halogens is 1. The molecule has 0 aliphatic carbocycles. The molecule has 0 atom stereocenters. The summed E-state index contributed by atoms with van der Waals surface area (Å²) < 4.78 is 6.05. The van der Waals surface area contributed by atoms with E-state index in [1.807, 2.05) is 26.0 Å². The molecule has 4 aromatic rings. The highest BCUT2D eigenvalue weighted by molar-refractivity contribution is 6.31. The van der Waals surface area contributed by atoms with E-state index in [-0.39, 0.29) is 0 Å². The lowest BCUT2D eigenvalue weighted by Gasteiger charge is -2.13. The number of tetrazole rings is 1. The number of hydrogen-bond donors (Lipinski definition) is 2.